The zero-order valence-electron chi connectivity index (χ0n) is 13.7. The average Bonchev–Trinajstić information content (AvgIpc) is 3.14. The van der Waals surface area contributed by atoms with Crippen molar-refractivity contribution in [2.24, 2.45) is 0 Å². The Hall–Kier alpha value is -2.08. The number of fused-ring (bicyclic) bond motifs is 1. The molecule has 1 aliphatic carbocycles. The number of rotatable bonds is 2. The van der Waals surface area contributed by atoms with Crippen molar-refractivity contribution < 1.29 is 14.3 Å². The molecule has 0 bridgehead atoms. The van der Waals surface area contributed by atoms with Crippen LogP contribution in [0.4, 0.5) is 0 Å². The Morgan fingerprint density at radius 3 is 2.71 bits per heavy atom. The second kappa shape index (κ2) is 6.09. The van der Waals surface area contributed by atoms with E-state index in [1.54, 1.807) is 0 Å². The molecule has 2 heterocycles. The van der Waals surface area contributed by atoms with E-state index in [0.717, 1.165) is 24.2 Å². The number of thiocarbonyl (C=S) groups is 1. The summed E-state index contributed by atoms with van der Waals surface area (Å²) in [7, 11) is 1.86. The summed E-state index contributed by atoms with van der Waals surface area (Å²) >= 11 is 5.54. The summed E-state index contributed by atoms with van der Waals surface area (Å²) < 4.78 is 10.7. The smallest absolute Gasteiger partial charge is 0.277 e. The number of likely N-dealkylation sites (N-methyl/N-ethyl adjacent to an activating group) is 1. The lowest BCUT2D eigenvalue weighted by atomic mass is 9.94. The van der Waals surface area contributed by atoms with Crippen molar-refractivity contribution in [3.63, 3.8) is 0 Å². The van der Waals surface area contributed by atoms with Gasteiger partial charge in [-0.15, -0.1) is 0 Å². The highest BCUT2D eigenvalue weighted by molar-refractivity contribution is 7.80. The van der Waals surface area contributed by atoms with E-state index in [1.165, 1.54) is 19.3 Å². The van der Waals surface area contributed by atoms with E-state index in [-0.39, 0.29) is 18.7 Å². The Morgan fingerprint density at radius 2 is 1.92 bits per heavy atom. The number of ether oxygens (including phenoxy) is 2. The molecule has 0 N–H and O–H groups in total. The molecule has 2 aliphatic heterocycles. The van der Waals surface area contributed by atoms with Gasteiger partial charge in [0.05, 0.1) is 0 Å². The molecule has 0 unspecified atom stereocenters. The molecule has 24 heavy (non-hydrogen) atoms. The summed E-state index contributed by atoms with van der Waals surface area (Å²) in [5.74, 6) is 1.46. The Bertz CT molecular complexity index is 725. The van der Waals surface area contributed by atoms with Gasteiger partial charge in [-0.1, -0.05) is 25.3 Å². The predicted octanol–water partition coefficient (Wildman–Crippen LogP) is 3.15. The number of carbonyl (C=O) groups is 1. The van der Waals surface area contributed by atoms with Crippen LogP contribution in [0.3, 0.4) is 0 Å². The summed E-state index contributed by atoms with van der Waals surface area (Å²) in [4.78, 5) is 16.6. The minimum atomic E-state index is 0.00654. The summed E-state index contributed by atoms with van der Waals surface area (Å²) in [6, 6.07) is 5.92. The van der Waals surface area contributed by atoms with Crippen LogP contribution in [0.5, 0.6) is 11.5 Å². The maximum atomic E-state index is 12.9. The third kappa shape index (κ3) is 2.55. The highest BCUT2D eigenvalue weighted by Gasteiger charge is 2.40. The second-order valence-corrected chi connectivity index (χ2v) is 6.82. The topological polar surface area (TPSA) is 42.0 Å². The maximum Gasteiger partial charge on any atom is 0.277 e. The Morgan fingerprint density at radius 1 is 1.17 bits per heavy atom. The lowest BCUT2D eigenvalue weighted by Gasteiger charge is -2.30. The first-order chi connectivity index (χ1) is 11.6. The number of nitrogens with zero attached hydrogens (tertiary/aromatic N) is 2. The van der Waals surface area contributed by atoms with E-state index in [1.807, 2.05) is 41.1 Å². The molecule has 0 spiro atoms. The van der Waals surface area contributed by atoms with E-state index in [2.05, 4.69) is 0 Å². The van der Waals surface area contributed by atoms with Gasteiger partial charge in [0.2, 0.25) is 6.79 Å². The van der Waals surface area contributed by atoms with Crippen LogP contribution in [0.2, 0.25) is 0 Å². The van der Waals surface area contributed by atoms with Crippen molar-refractivity contribution in [2.45, 2.75) is 38.1 Å². The largest absolute Gasteiger partial charge is 0.454 e. The fourth-order valence-electron chi connectivity index (χ4n) is 3.60. The van der Waals surface area contributed by atoms with Crippen molar-refractivity contribution >= 4 is 29.3 Å². The molecule has 1 aromatic carbocycles. The van der Waals surface area contributed by atoms with Gasteiger partial charge in [-0.25, -0.2) is 0 Å². The molecule has 0 radical (unpaired) electrons. The van der Waals surface area contributed by atoms with Crippen LogP contribution in [-0.4, -0.2) is 40.7 Å². The van der Waals surface area contributed by atoms with Crippen LogP contribution in [0.1, 0.15) is 37.7 Å². The summed E-state index contributed by atoms with van der Waals surface area (Å²) in [5.41, 5.74) is 1.52. The van der Waals surface area contributed by atoms with E-state index < -0.39 is 0 Å². The Balaban J connectivity index is 1.63. The van der Waals surface area contributed by atoms with Gasteiger partial charge in [-0.3, -0.25) is 9.69 Å². The van der Waals surface area contributed by atoms with Crippen LogP contribution in [0, 0.1) is 0 Å². The molecule has 0 aromatic heterocycles. The summed E-state index contributed by atoms with van der Waals surface area (Å²) in [5, 5.41) is 0.610. The first-order valence-electron chi connectivity index (χ1n) is 8.38. The number of hydrogen-bond donors (Lipinski definition) is 0. The lowest BCUT2D eigenvalue weighted by molar-refractivity contribution is -0.124. The van der Waals surface area contributed by atoms with Crippen molar-refractivity contribution in [1.82, 2.24) is 9.80 Å². The normalized spacial score (nSPS) is 22.8. The molecule has 126 valence electrons. The predicted molar refractivity (Wildman–Crippen MR) is 94.6 cm³/mol. The molecule has 6 heteroatoms. The van der Waals surface area contributed by atoms with Gasteiger partial charge in [-0.2, -0.15) is 0 Å². The lowest BCUT2D eigenvalue weighted by Crippen LogP contribution is -2.41. The number of hydrogen-bond acceptors (Lipinski definition) is 4. The third-order valence-corrected chi connectivity index (χ3v) is 5.40. The van der Waals surface area contributed by atoms with Gasteiger partial charge in [0.25, 0.3) is 5.91 Å². The van der Waals surface area contributed by atoms with Gasteiger partial charge >= 0.3 is 0 Å². The number of carbonyl (C=O) groups excluding carboxylic acids is 1. The minimum absolute atomic E-state index is 0.00654. The summed E-state index contributed by atoms with van der Waals surface area (Å²) in [6.07, 6.45) is 7.54. The maximum absolute atomic E-state index is 12.9. The van der Waals surface area contributed by atoms with E-state index in [9.17, 15) is 4.79 Å². The van der Waals surface area contributed by atoms with Crippen LogP contribution >= 0.6 is 12.2 Å². The van der Waals surface area contributed by atoms with Crippen LogP contribution < -0.4 is 9.47 Å². The average molecular weight is 344 g/mol. The van der Waals surface area contributed by atoms with E-state index in [0.29, 0.717) is 16.6 Å². The molecule has 1 saturated carbocycles. The molecule has 2 fully saturated rings. The van der Waals surface area contributed by atoms with Gasteiger partial charge in [-0.05, 0) is 48.8 Å². The number of amides is 1. The molecule has 4 rings (SSSR count). The number of benzene rings is 1. The Kier molecular flexibility index (Phi) is 3.92. The van der Waals surface area contributed by atoms with Gasteiger partial charge < -0.3 is 14.4 Å². The zero-order chi connectivity index (χ0) is 16.7. The van der Waals surface area contributed by atoms with Gasteiger partial charge in [0.15, 0.2) is 16.6 Å². The molecule has 1 amide bonds. The fourth-order valence-corrected chi connectivity index (χ4v) is 3.93. The van der Waals surface area contributed by atoms with Crippen molar-refractivity contribution in [2.75, 3.05) is 13.8 Å². The molecule has 5 nitrogen and oxygen atoms in total. The second-order valence-electron chi connectivity index (χ2n) is 6.45. The molecular weight excluding hydrogens is 324 g/mol. The monoisotopic (exact) mass is 344 g/mol. The van der Waals surface area contributed by atoms with Gasteiger partial charge in [0, 0.05) is 13.1 Å². The highest BCUT2D eigenvalue weighted by atomic mass is 32.1. The minimum Gasteiger partial charge on any atom is -0.454 e. The highest BCUT2D eigenvalue weighted by Crippen LogP contribution is 2.35. The molecule has 3 aliphatic rings. The van der Waals surface area contributed by atoms with Crippen LogP contribution in [-0.2, 0) is 4.79 Å². The molecule has 0 atom stereocenters. The first kappa shape index (κ1) is 15.4. The zero-order valence-corrected chi connectivity index (χ0v) is 14.5. The van der Waals surface area contributed by atoms with Crippen LogP contribution in [0.15, 0.2) is 23.9 Å². The third-order valence-electron chi connectivity index (χ3n) is 4.93. The summed E-state index contributed by atoms with van der Waals surface area (Å²) in [6.45, 7) is 0.244. The Labute approximate surface area is 146 Å². The molecular formula is C18H20N2O3S. The fraction of sp³-hybridized carbons (Fsp3) is 0.444. The van der Waals surface area contributed by atoms with Crippen molar-refractivity contribution in [3.8, 4) is 11.5 Å². The first-order valence-corrected chi connectivity index (χ1v) is 8.78. The SMILES string of the molecule is CN1C(=S)N(C2CCCCC2)C(=O)/C1=C/c1ccc2c(c1)OCO2. The van der Waals surface area contributed by atoms with Crippen LogP contribution in [0.25, 0.3) is 6.08 Å². The molecule has 1 saturated heterocycles. The standard InChI is InChI=1S/C18H20N2O3S/c1-19-14(9-12-7-8-15-16(10-12)23-11-22-15)17(21)20(18(19)24)13-5-3-2-4-6-13/h7-10,13H,2-6,11H2,1H3/b14-9-. The van der Waals surface area contributed by atoms with E-state index >= 15 is 0 Å². The quantitative estimate of drug-likeness (QED) is 0.609. The van der Waals surface area contributed by atoms with E-state index in [4.69, 9.17) is 21.7 Å². The van der Waals surface area contributed by atoms with Crippen molar-refractivity contribution in [3.05, 3.63) is 29.5 Å². The van der Waals surface area contributed by atoms with Crippen molar-refractivity contribution in [1.29, 1.82) is 0 Å². The van der Waals surface area contributed by atoms with Gasteiger partial charge in [0.1, 0.15) is 5.70 Å². The molecule has 1 aromatic rings.